The summed E-state index contributed by atoms with van der Waals surface area (Å²) in [6.07, 6.45) is 2.82. The van der Waals surface area contributed by atoms with Gasteiger partial charge in [-0.25, -0.2) is 0 Å². The summed E-state index contributed by atoms with van der Waals surface area (Å²) in [5.41, 5.74) is 0. The van der Waals surface area contributed by atoms with Gasteiger partial charge in [-0.2, -0.15) is 0 Å². The maximum atomic E-state index is 11.6. The van der Waals surface area contributed by atoms with Crippen molar-refractivity contribution in [2.24, 2.45) is 0 Å². The molecule has 0 amide bonds. The van der Waals surface area contributed by atoms with E-state index in [0.29, 0.717) is 0 Å². The van der Waals surface area contributed by atoms with Crippen LogP contribution < -0.4 is 0 Å². The normalized spacial score (nSPS) is 15.4. The maximum Gasteiger partial charge on any atom is 0.320 e. The minimum atomic E-state index is -0.435. The van der Waals surface area contributed by atoms with E-state index < -0.39 is 6.10 Å². The van der Waals surface area contributed by atoms with E-state index in [1.165, 1.54) is 0 Å². The number of ether oxygens (including phenoxy) is 2. The molecule has 0 aromatic rings. The highest BCUT2D eigenvalue weighted by molar-refractivity contribution is 9.10. The third-order valence-electron chi connectivity index (χ3n) is 2.37. The highest BCUT2D eigenvalue weighted by Crippen LogP contribution is 2.12. The number of halogens is 2. The summed E-state index contributed by atoms with van der Waals surface area (Å²) in [7, 11) is 0. The highest BCUT2D eigenvalue weighted by atomic mass is 79.9. The fraction of sp³-hybridized carbons (Fsp3) is 0.846. The number of hydrogen-bond acceptors (Lipinski definition) is 4. The molecule has 6 heteroatoms. The van der Waals surface area contributed by atoms with Crippen molar-refractivity contribution >= 4 is 43.8 Å². The molecule has 0 rings (SSSR count). The van der Waals surface area contributed by atoms with Crippen LogP contribution >= 0.6 is 31.9 Å². The third-order valence-corrected chi connectivity index (χ3v) is 4.04. The molecule has 0 saturated heterocycles. The largest absolute Gasteiger partial charge is 0.461 e. The number of hydrogen-bond donors (Lipinski definition) is 0. The zero-order valence-corrected chi connectivity index (χ0v) is 14.8. The molecule has 0 bridgehead atoms. The average molecular weight is 402 g/mol. The van der Waals surface area contributed by atoms with Crippen molar-refractivity contribution in [2.75, 3.05) is 6.61 Å². The van der Waals surface area contributed by atoms with Crippen LogP contribution in [-0.4, -0.2) is 34.3 Å². The number of rotatable bonds is 9. The van der Waals surface area contributed by atoms with Gasteiger partial charge < -0.3 is 9.47 Å². The number of carbonyl (C=O) groups is 2. The van der Waals surface area contributed by atoms with Crippen LogP contribution in [0.25, 0.3) is 0 Å². The SMILES string of the molecule is CCCC(Br)C(=O)OCC(C)OC(=O)C(Br)CCC. The predicted molar refractivity (Wildman–Crippen MR) is 81.8 cm³/mol. The molecule has 4 nitrogen and oxygen atoms in total. The molecular weight excluding hydrogens is 380 g/mol. The Kier molecular flexibility index (Phi) is 10.6. The Balaban J connectivity index is 3.95. The van der Waals surface area contributed by atoms with E-state index >= 15 is 0 Å². The Labute approximate surface area is 131 Å². The van der Waals surface area contributed by atoms with Crippen LogP contribution in [0.1, 0.15) is 46.5 Å². The van der Waals surface area contributed by atoms with Gasteiger partial charge >= 0.3 is 11.9 Å². The van der Waals surface area contributed by atoms with E-state index in [2.05, 4.69) is 31.9 Å². The van der Waals surface area contributed by atoms with Gasteiger partial charge in [0.2, 0.25) is 0 Å². The van der Waals surface area contributed by atoms with Gasteiger partial charge in [-0.3, -0.25) is 9.59 Å². The second kappa shape index (κ2) is 10.7. The van der Waals surface area contributed by atoms with Crippen LogP contribution in [0.5, 0.6) is 0 Å². The fourth-order valence-electron chi connectivity index (χ4n) is 1.34. The van der Waals surface area contributed by atoms with Crippen molar-refractivity contribution in [1.29, 1.82) is 0 Å². The molecule has 112 valence electrons. The second-order valence-corrected chi connectivity index (χ2v) is 6.60. The molecule has 0 N–H and O–H groups in total. The van der Waals surface area contributed by atoms with Crippen LogP contribution in [0.15, 0.2) is 0 Å². The van der Waals surface area contributed by atoms with Crippen molar-refractivity contribution in [3.8, 4) is 0 Å². The van der Waals surface area contributed by atoms with Crippen LogP contribution in [-0.2, 0) is 19.1 Å². The molecule has 0 saturated carbocycles. The molecule has 3 unspecified atom stereocenters. The Hall–Kier alpha value is -0.100. The summed E-state index contributed by atoms with van der Waals surface area (Å²) in [6.45, 7) is 5.79. The van der Waals surface area contributed by atoms with Crippen molar-refractivity contribution in [3.63, 3.8) is 0 Å². The second-order valence-electron chi connectivity index (χ2n) is 4.39. The van der Waals surface area contributed by atoms with E-state index in [9.17, 15) is 9.59 Å². The lowest BCUT2D eigenvalue weighted by Crippen LogP contribution is -2.28. The van der Waals surface area contributed by atoms with Crippen molar-refractivity contribution < 1.29 is 19.1 Å². The van der Waals surface area contributed by atoms with Crippen molar-refractivity contribution in [1.82, 2.24) is 0 Å². The summed E-state index contributed by atoms with van der Waals surface area (Å²) in [5.74, 6) is -0.622. The highest BCUT2D eigenvalue weighted by Gasteiger charge is 2.20. The zero-order valence-electron chi connectivity index (χ0n) is 11.7. The van der Waals surface area contributed by atoms with E-state index in [1.807, 2.05) is 13.8 Å². The first-order valence-corrected chi connectivity index (χ1v) is 8.40. The first kappa shape index (κ1) is 18.9. The lowest BCUT2D eigenvalue weighted by molar-refractivity contribution is -0.157. The van der Waals surface area contributed by atoms with Crippen LogP contribution in [0.2, 0.25) is 0 Å². The Bertz CT molecular complexity index is 284. The lowest BCUT2D eigenvalue weighted by atomic mass is 10.2. The van der Waals surface area contributed by atoms with E-state index in [1.54, 1.807) is 6.92 Å². The van der Waals surface area contributed by atoms with Gasteiger partial charge in [-0.05, 0) is 19.8 Å². The monoisotopic (exact) mass is 400 g/mol. The first-order chi connectivity index (χ1) is 8.92. The lowest BCUT2D eigenvalue weighted by Gasteiger charge is -2.16. The smallest absolute Gasteiger partial charge is 0.320 e. The number of esters is 2. The fourth-order valence-corrected chi connectivity index (χ4v) is 2.49. The standard InChI is InChI=1S/C13H22Br2O4/c1-4-6-10(14)12(16)18-8-9(3)19-13(17)11(15)7-5-2/h9-11H,4-8H2,1-3H3. The van der Waals surface area contributed by atoms with Crippen molar-refractivity contribution in [3.05, 3.63) is 0 Å². The minimum absolute atomic E-state index is 0.0855. The van der Waals surface area contributed by atoms with Crippen LogP contribution in [0.3, 0.4) is 0 Å². The summed E-state index contributed by atoms with van der Waals surface area (Å²) in [6, 6.07) is 0. The zero-order chi connectivity index (χ0) is 14.8. The molecule has 0 radical (unpaired) electrons. The predicted octanol–water partition coefficient (Wildman–Crippen LogP) is 3.59. The molecule has 0 spiro atoms. The van der Waals surface area contributed by atoms with Gasteiger partial charge in [0.25, 0.3) is 0 Å². The van der Waals surface area contributed by atoms with Gasteiger partial charge in [0.1, 0.15) is 22.4 Å². The molecule has 0 aromatic carbocycles. The maximum absolute atomic E-state index is 11.6. The molecular formula is C13H22Br2O4. The Morgan fingerprint density at radius 2 is 1.47 bits per heavy atom. The Morgan fingerprint density at radius 1 is 1.00 bits per heavy atom. The Morgan fingerprint density at radius 3 is 1.95 bits per heavy atom. The van der Waals surface area contributed by atoms with Crippen LogP contribution in [0, 0.1) is 0 Å². The summed E-state index contributed by atoms with van der Waals surface area (Å²) in [4.78, 5) is 22.6. The quantitative estimate of drug-likeness (QED) is 0.437. The van der Waals surface area contributed by atoms with Crippen molar-refractivity contribution in [2.45, 2.75) is 62.2 Å². The van der Waals surface area contributed by atoms with Gasteiger partial charge in [0.05, 0.1) is 0 Å². The number of alkyl halides is 2. The molecule has 0 aromatic heterocycles. The molecule has 0 aliphatic heterocycles. The van der Waals surface area contributed by atoms with E-state index in [-0.39, 0.29) is 28.2 Å². The first-order valence-electron chi connectivity index (χ1n) is 6.57. The van der Waals surface area contributed by atoms with Gasteiger partial charge in [0, 0.05) is 0 Å². The topological polar surface area (TPSA) is 52.6 Å². The van der Waals surface area contributed by atoms with E-state index in [0.717, 1.165) is 25.7 Å². The van der Waals surface area contributed by atoms with E-state index in [4.69, 9.17) is 9.47 Å². The molecule has 3 atom stereocenters. The molecule has 0 aliphatic rings. The van der Waals surface area contributed by atoms with Gasteiger partial charge in [-0.15, -0.1) is 0 Å². The third kappa shape index (κ3) is 8.63. The summed E-state index contributed by atoms with van der Waals surface area (Å²) in [5, 5.41) is 0. The average Bonchev–Trinajstić information content (AvgIpc) is 2.36. The molecule has 19 heavy (non-hydrogen) atoms. The number of carbonyl (C=O) groups excluding carboxylic acids is 2. The molecule has 0 fully saturated rings. The van der Waals surface area contributed by atoms with Gasteiger partial charge in [-0.1, -0.05) is 58.5 Å². The molecule has 0 aliphatic carbocycles. The molecule has 0 heterocycles. The summed E-state index contributed by atoms with van der Waals surface area (Å²) >= 11 is 6.52. The summed E-state index contributed by atoms with van der Waals surface area (Å²) < 4.78 is 10.3. The minimum Gasteiger partial charge on any atom is -0.461 e. The van der Waals surface area contributed by atoms with Crippen LogP contribution in [0.4, 0.5) is 0 Å². The van der Waals surface area contributed by atoms with Gasteiger partial charge in [0.15, 0.2) is 0 Å².